The third-order valence-corrected chi connectivity index (χ3v) is 2.40. The maximum atomic E-state index is 11.1. The molecule has 0 saturated heterocycles. The Morgan fingerprint density at radius 2 is 2.25 bits per heavy atom. The van der Waals surface area contributed by atoms with Crippen LogP contribution in [0.1, 0.15) is 35.7 Å². The lowest BCUT2D eigenvalue weighted by Gasteiger charge is -2.03. The van der Waals surface area contributed by atoms with E-state index in [-0.39, 0.29) is 0 Å². The van der Waals surface area contributed by atoms with Crippen LogP contribution in [0.25, 0.3) is 0 Å². The van der Waals surface area contributed by atoms with E-state index in [0.717, 1.165) is 5.56 Å². The van der Waals surface area contributed by atoms with Gasteiger partial charge < -0.3 is 4.84 Å². The van der Waals surface area contributed by atoms with Gasteiger partial charge in [-0.1, -0.05) is 13.8 Å². The van der Waals surface area contributed by atoms with Crippen molar-refractivity contribution in [3.63, 3.8) is 0 Å². The molecular formula is C8H11NO2S. The minimum absolute atomic E-state index is 0.324. The van der Waals surface area contributed by atoms with Crippen LogP contribution in [-0.4, -0.2) is 5.97 Å². The van der Waals surface area contributed by atoms with Gasteiger partial charge in [0.05, 0.1) is 5.56 Å². The van der Waals surface area contributed by atoms with E-state index >= 15 is 0 Å². The molecule has 0 atom stereocenters. The summed E-state index contributed by atoms with van der Waals surface area (Å²) in [4.78, 5) is 15.2. The van der Waals surface area contributed by atoms with Crippen molar-refractivity contribution in [1.29, 1.82) is 0 Å². The highest BCUT2D eigenvalue weighted by molar-refractivity contribution is 7.08. The first kappa shape index (κ1) is 9.22. The summed E-state index contributed by atoms with van der Waals surface area (Å²) in [5.41, 5.74) is 1.58. The molecule has 12 heavy (non-hydrogen) atoms. The minimum atomic E-state index is -0.458. The standard InChI is InChI=1S/C8H11NO2S/c1-5(2)6-3-12-4-7(6)8(10)11-9/h3-5H,9H2,1-2H3. The Labute approximate surface area is 75.1 Å². The van der Waals surface area contributed by atoms with Crippen molar-refractivity contribution in [2.24, 2.45) is 5.90 Å². The van der Waals surface area contributed by atoms with Gasteiger partial charge in [-0.15, -0.1) is 0 Å². The monoisotopic (exact) mass is 185 g/mol. The van der Waals surface area contributed by atoms with Crippen LogP contribution in [0.5, 0.6) is 0 Å². The summed E-state index contributed by atoms with van der Waals surface area (Å²) in [5.74, 6) is 4.65. The fourth-order valence-corrected chi connectivity index (χ4v) is 1.97. The van der Waals surface area contributed by atoms with Crippen LogP contribution >= 0.6 is 11.3 Å². The molecule has 0 aliphatic carbocycles. The molecule has 0 aromatic carbocycles. The van der Waals surface area contributed by atoms with E-state index in [9.17, 15) is 4.79 Å². The van der Waals surface area contributed by atoms with E-state index < -0.39 is 5.97 Å². The molecule has 3 nitrogen and oxygen atoms in total. The van der Waals surface area contributed by atoms with Gasteiger partial charge in [-0.3, -0.25) is 0 Å². The molecule has 1 aromatic heterocycles. The van der Waals surface area contributed by atoms with Gasteiger partial charge in [0, 0.05) is 5.38 Å². The molecule has 0 aliphatic heterocycles. The second-order valence-electron chi connectivity index (χ2n) is 2.80. The van der Waals surface area contributed by atoms with Crippen LogP contribution in [0.4, 0.5) is 0 Å². The molecule has 1 rings (SSSR count). The third kappa shape index (κ3) is 1.65. The topological polar surface area (TPSA) is 52.3 Å². The Hall–Kier alpha value is -0.870. The van der Waals surface area contributed by atoms with Crippen molar-refractivity contribution >= 4 is 17.3 Å². The largest absolute Gasteiger partial charge is 0.370 e. The molecule has 2 N–H and O–H groups in total. The number of nitrogens with two attached hydrogens (primary N) is 1. The molecule has 0 spiro atoms. The van der Waals surface area contributed by atoms with Crippen LogP contribution < -0.4 is 5.90 Å². The zero-order valence-electron chi connectivity index (χ0n) is 7.03. The van der Waals surface area contributed by atoms with Crippen molar-refractivity contribution in [2.75, 3.05) is 0 Å². The van der Waals surface area contributed by atoms with E-state index in [0.29, 0.717) is 11.5 Å². The molecule has 0 aliphatic rings. The Morgan fingerprint density at radius 3 is 2.75 bits per heavy atom. The molecule has 66 valence electrons. The Morgan fingerprint density at radius 1 is 1.58 bits per heavy atom. The van der Waals surface area contributed by atoms with Crippen molar-refractivity contribution < 1.29 is 9.63 Å². The summed E-state index contributed by atoms with van der Waals surface area (Å²) in [6.45, 7) is 4.05. The molecule has 0 fully saturated rings. The number of carbonyl (C=O) groups excluding carboxylic acids is 1. The second-order valence-corrected chi connectivity index (χ2v) is 3.54. The summed E-state index contributed by atoms with van der Waals surface area (Å²) in [7, 11) is 0. The fraction of sp³-hybridized carbons (Fsp3) is 0.375. The van der Waals surface area contributed by atoms with Gasteiger partial charge in [-0.05, 0) is 16.9 Å². The maximum absolute atomic E-state index is 11.1. The number of carbonyl (C=O) groups is 1. The lowest BCUT2D eigenvalue weighted by Crippen LogP contribution is -2.11. The van der Waals surface area contributed by atoms with Crippen LogP contribution in [0, 0.1) is 0 Å². The van der Waals surface area contributed by atoms with Crippen molar-refractivity contribution in [3.05, 3.63) is 21.9 Å². The molecule has 0 amide bonds. The lowest BCUT2D eigenvalue weighted by molar-refractivity contribution is 0.0502. The first-order valence-electron chi connectivity index (χ1n) is 3.64. The zero-order valence-corrected chi connectivity index (χ0v) is 7.85. The van der Waals surface area contributed by atoms with Crippen LogP contribution in [0.2, 0.25) is 0 Å². The minimum Gasteiger partial charge on any atom is -0.370 e. The molecule has 4 heteroatoms. The van der Waals surface area contributed by atoms with E-state index in [2.05, 4.69) is 4.84 Å². The Balaban J connectivity index is 2.99. The predicted molar refractivity (Wildman–Crippen MR) is 48.0 cm³/mol. The van der Waals surface area contributed by atoms with Crippen molar-refractivity contribution in [3.8, 4) is 0 Å². The van der Waals surface area contributed by atoms with Gasteiger partial charge in [-0.2, -0.15) is 17.2 Å². The van der Waals surface area contributed by atoms with Gasteiger partial charge in [0.2, 0.25) is 0 Å². The van der Waals surface area contributed by atoms with Crippen molar-refractivity contribution in [2.45, 2.75) is 19.8 Å². The van der Waals surface area contributed by atoms with E-state index in [1.165, 1.54) is 11.3 Å². The van der Waals surface area contributed by atoms with E-state index in [1.807, 2.05) is 19.2 Å². The van der Waals surface area contributed by atoms with Gasteiger partial charge in [0.1, 0.15) is 0 Å². The Bertz CT molecular complexity index is 280. The maximum Gasteiger partial charge on any atom is 0.357 e. The van der Waals surface area contributed by atoms with Gasteiger partial charge in [-0.25, -0.2) is 4.79 Å². The van der Waals surface area contributed by atoms with E-state index in [4.69, 9.17) is 5.90 Å². The average molecular weight is 185 g/mol. The highest BCUT2D eigenvalue weighted by Gasteiger charge is 2.14. The van der Waals surface area contributed by atoms with Crippen LogP contribution in [0.3, 0.4) is 0 Å². The van der Waals surface area contributed by atoms with Gasteiger partial charge in [0.25, 0.3) is 0 Å². The number of rotatable bonds is 2. The molecular weight excluding hydrogens is 174 g/mol. The fourth-order valence-electron chi connectivity index (χ4n) is 0.983. The molecule has 1 heterocycles. The van der Waals surface area contributed by atoms with Gasteiger partial charge >= 0.3 is 5.97 Å². The SMILES string of the molecule is CC(C)c1cscc1C(=O)ON. The quantitative estimate of drug-likeness (QED) is 0.716. The average Bonchev–Trinajstić information content (AvgIpc) is 2.50. The highest BCUT2D eigenvalue weighted by atomic mass is 32.1. The summed E-state index contributed by atoms with van der Waals surface area (Å²) < 4.78 is 0. The summed E-state index contributed by atoms with van der Waals surface area (Å²) in [5, 5.41) is 3.70. The molecule has 0 bridgehead atoms. The normalized spacial score (nSPS) is 10.3. The van der Waals surface area contributed by atoms with Crippen LogP contribution in [-0.2, 0) is 4.84 Å². The molecule has 0 radical (unpaired) electrons. The number of thiophene rings is 1. The number of hydrogen-bond donors (Lipinski definition) is 1. The van der Waals surface area contributed by atoms with E-state index in [1.54, 1.807) is 5.38 Å². The Kier molecular flexibility index (Phi) is 2.83. The molecule has 0 saturated carbocycles. The second kappa shape index (κ2) is 3.69. The van der Waals surface area contributed by atoms with Crippen LogP contribution in [0.15, 0.2) is 10.8 Å². The zero-order chi connectivity index (χ0) is 9.14. The molecule has 1 aromatic rings. The highest BCUT2D eigenvalue weighted by Crippen LogP contribution is 2.23. The lowest BCUT2D eigenvalue weighted by atomic mass is 10.0. The first-order chi connectivity index (χ1) is 5.66. The number of hydrogen-bond acceptors (Lipinski definition) is 4. The summed E-state index contributed by atoms with van der Waals surface area (Å²) in [6.07, 6.45) is 0. The third-order valence-electron chi connectivity index (χ3n) is 1.64. The summed E-state index contributed by atoms with van der Waals surface area (Å²) in [6, 6.07) is 0. The summed E-state index contributed by atoms with van der Waals surface area (Å²) >= 11 is 1.48. The van der Waals surface area contributed by atoms with Gasteiger partial charge in [0.15, 0.2) is 0 Å². The predicted octanol–water partition coefficient (Wildman–Crippen LogP) is 1.90. The molecule has 0 unspecified atom stereocenters. The smallest absolute Gasteiger partial charge is 0.357 e. The van der Waals surface area contributed by atoms with Crippen molar-refractivity contribution in [1.82, 2.24) is 0 Å². The first-order valence-corrected chi connectivity index (χ1v) is 4.58.